The number of nitrogens with one attached hydrogen (secondary N) is 2. The first-order valence-corrected chi connectivity index (χ1v) is 10.1. The third-order valence-corrected chi connectivity index (χ3v) is 5.23. The first-order chi connectivity index (χ1) is 14.2. The first kappa shape index (κ1) is 18.9. The second kappa shape index (κ2) is 8.70. The van der Waals surface area contributed by atoms with Crippen molar-refractivity contribution < 1.29 is 9.53 Å². The van der Waals surface area contributed by atoms with E-state index in [0.717, 1.165) is 33.0 Å². The molecule has 6 nitrogen and oxygen atoms in total. The number of rotatable bonds is 7. The Morgan fingerprint density at radius 1 is 1.03 bits per heavy atom. The summed E-state index contributed by atoms with van der Waals surface area (Å²) < 4.78 is 5.13. The van der Waals surface area contributed by atoms with Gasteiger partial charge < -0.3 is 15.4 Å². The molecule has 1 amide bonds. The molecule has 0 bridgehead atoms. The van der Waals surface area contributed by atoms with Crippen LogP contribution < -0.4 is 15.4 Å². The molecule has 0 fully saturated rings. The van der Waals surface area contributed by atoms with Crippen molar-refractivity contribution in [2.45, 2.75) is 6.42 Å². The topological polar surface area (TPSA) is 76.1 Å². The number of aromatic nitrogens is 2. The number of hydrogen-bond acceptors (Lipinski definition) is 6. The van der Waals surface area contributed by atoms with Gasteiger partial charge in [0.1, 0.15) is 11.6 Å². The highest BCUT2D eigenvalue weighted by molar-refractivity contribution is 7.13. The minimum atomic E-state index is -0.0699. The number of ether oxygens (including phenoxy) is 1. The SMILES string of the molecule is COc1ccc(NC(=O)CCNc2nc(-c3cccs3)nc3ccccc23)cc1. The second-order valence-electron chi connectivity index (χ2n) is 6.34. The maximum Gasteiger partial charge on any atom is 0.226 e. The number of benzene rings is 2. The minimum Gasteiger partial charge on any atom is -0.497 e. The van der Waals surface area contributed by atoms with Gasteiger partial charge in [0.2, 0.25) is 5.91 Å². The number of para-hydroxylation sites is 1. The Bertz CT molecular complexity index is 1110. The van der Waals surface area contributed by atoms with E-state index in [4.69, 9.17) is 4.74 Å². The Morgan fingerprint density at radius 3 is 2.62 bits per heavy atom. The Hall–Kier alpha value is -3.45. The summed E-state index contributed by atoms with van der Waals surface area (Å²) >= 11 is 1.60. The zero-order valence-electron chi connectivity index (χ0n) is 15.9. The number of amides is 1. The fraction of sp³-hybridized carbons (Fsp3) is 0.136. The quantitative estimate of drug-likeness (QED) is 0.462. The molecule has 146 valence electrons. The summed E-state index contributed by atoms with van der Waals surface area (Å²) in [7, 11) is 1.61. The predicted octanol–water partition coefficient (Wildman–Crippen LogP) is 4.81. The summed E-state index contributed by atoms with van der Waals surface area (Å²) in [6.45, 7) is 0.465. The maximum absolute atomic E-state index is 12.3. The zero-order chi connectivity index (χ0) is 20.1. The molecule has 0 atom stereocenters. The third-order valence-electron chi connectivity index (χ3n) is 4.36. The van der Waals surface area contributed by atoms with Crippen molar-refractivity contribution in [1.82, 2.24) is 9.97 Å². The highest BCUT2D eigenvalue weighted by Gasteiger charge is 2.10. The van der Waals surface area contributed by atoms with E-state index in [1.54, 1.807) is 18.4 Å². The van der Waals surface area contributed by atoms with Gasteiger partial charge in [-0.3, -0.25) is 4.79 Å². The number of hydrogen-bond donors (Lipinski definition) is 2. The van der Waals surface area contributed by atoms with Crippen LogP contribution in [0.15, 0.2) is 66.0 Å². The summed E-state index contributed by atoms with van der Waals surface area (Å²) in [5.41, 5.74) is 1.61. The van der Waals surface area contributed by atoms with Crippen LogP contribution in [0.25, 0.3) is 21.6 Å². The van der Waals surface area contributed by atoms with E-state index >= 15 is 0 Å². The number of thiophene rings is 1. The molecule has 2 aromatic carbocycles. The van der Waals surface area contributed by atoms with Crippen LogP contribution in [0.4, 0.5) is 11.5 Å². The summed E-state index contributed by atoms with van der Waals surface area (Å²) in [4.78, 5) is 22.6. The Balaban J connectivity index is 1.44. The van der Waals surface area contributed by atoms with E-state index in [1.165, 1.54) is 0 Å². The molecule has 4 aromatic rings. The lowest BCUT2D eigenvalue weighted by Crippen LogP contribution is -2.16. The van der Waals surface area contributed by atoms with Gasteiger partial charge in [-0.25, -0.2) is 9.97 Å². The first-order valence-electron chi connectivity index (χ1n) is 9.21. The molecule has 0 radical (unpaired) electrons. The third kappa shape index (κ3) is 4.52. The molecule has 0 aliphatic rings. The van der Waals surface area contributed by atoms with Crippen molar-refractivity contribution in [2.75, 3.05) is 24.3 Å². The molecule has 0 spiro atoms. The average Bonchev–Trinajstić information content (AvgIpc) is 3.29. The molecule has 0 saturated heterocycles. The fourth-order valence-corrected chi connectivity index (χ4v) is 3.58. The summed E-state index contributed by atoms with van der Waals surface area (Å²) in [6, 6.07) is 19.1. The molecule has 2 heterocycles. The van der Waals surface area contributed by atoms with Gasteiger partial charge in [-0.15, -0.1) is 11.3 Å². The lowest BCUT2D eigenvalue weighted by atomic mass is 10.2. The molecule has 2 aromatic heterocycles. The number of nitrogens with zero attached hydrogens (tertiary/aromatic N) is 2. The molecule has 0 aliphatic heterocycles. The number of fused-ring (bicyclic) bond motifs is 1. The lowest BCUT2D eigenvalue weighted by Gasteiger charge is -2.11. The number of carbonyl (C=O) groups excluding carboxylic acids is 1. The van der Waals surface area contributed by atoms with Crippen LogP contribution in [-0.2, 0) is 4.79 Å². The van der Waals surface area contributed by atoms with Gasteiger partial charge in [-0.05, 0) is 47.8 Å². The van der Waals surface area contributed by atoms with E-state index in [-0.39, 0.29) is 5.91 Å². The van der Waals surface area contributed by atoms with Crippen molar-refractivity contribution in [1.29, 1.82) is 0 Å². The summed E-state index contributed by atoms with van der Waals surface area (Å²) in [6.07, 6.45) is 0.318. The number of carbonyl (C=O) groups is 1. The molecule has 29 heavy (non-hydrogen) atoms. The predicted molar refractivity (Wildman–Crippen MR) is 118 cm³/mol. The molecular weight excluding hydrogens is 384 g/mol. The van der Waals surface area contributed by atoms with Crippen molar-refractivity contribution in [3.63, 3.8) is 0 Å². The van der Waals surface area contributed by atoms with Crippen LogP contribution in [0.1, 0.15) is 6.42 Å². The Kier molecular flexibility index (Phi) is 5.67. The van der Waals surface area contributed by atoms with Crippen LogP contribution in [0.5, 0.6) is 5.75 Å². The van der Waals surface area contributed by atoms with Crippen LogP contribution in [0, 0.1) is 0 Å². The van der Waals surface area contributed by atoms with Gasteiger partial charge in [0.15, 0.2) is 5.82 Å². The van der Waals surface area contributed by atoms with E-state index in [1.807, 2.05) is 66.0 Å². The van der Waals surface area contributed by atoms with Crippen LogP contribution in [0.2, 0.25) is 0 Å². The van der Waals surface area contributed by atoms with E-state index < -0.39 is 0 Å². The molecular formula is C22H20N4O2S. The van der Waals surface area contributed by atoms with Gasteiger partial charge >= 0.3 is 0 Å². The highest BCUT2D eigenvalue weighted by atomic mass is 32.1. The van der Waals surface area contributed by atoms with Crippen LogP contribution in [0.3, 0.4) is 0 Å². The molecule has 2 N–H and O–H groups in total. The summed E-state index contributed by atoms with van der Waals surface area (Å²) in [5, 5.41) is 9.12. The normalized spacial score (nSPS) is 10.7. The van der Waals surface area contributed by atoms with Gasteiger partial charge in [0.05, 0.1) is 17.5 Å². The maximum atomic E-state index is 12.3. The second-order valence-corrected chi connectivity index (χ2v) is 7.29. The Labute approximate surface area is 172 Å². The lowest BCUT2D eigenvalue weighted by molar-refractivity contribution is -0.115. The zero-order valence-corrected chi connectivity index (χ0v) is 16.7. The standard InChI is InChI=1S/C22H20N4O2S/c1-28-16-10-8-15(9-11-16)24-20(27)12-13-23-21-17-5-2-3-6-18(17)25-22(26-21)19-7-4-14-29-19/h2-11,14H,12-13H2,1H3,(H,24,27)(H,23,25,26). The number of anilines is 2. The van der Waals surface area contributed by atoms with Crippen LogP contribution >= 0.6 is 11.3 Å². The van der Waals surface area contributed by atoms with Crippen molar-refractivity contribution in [2.24, 2.45) is 0 Å². The van der Waals surface area contributed by atoms with Gasteiger partial charge in [0.25, 0.3) is 0 Å². The molecule has 0 aliphatic carbocycles. The monoisotopic (exact) mass is 404 g/mol. The van der Waals surface area contributed by atoms with Crippen LogP contribution in [-0.4, -0.2) is 29.5 Å². The number of methoxy groups -OCH3 is 1. The van der Waals surface area contributed by atoms with Gasteiger partial charge in [0, 0.05) is 24.0 Å². The average molecular weight is 404 g/mol. The van der Waals surface area contributed by atoms with E-state index in [9.17, 15) is 4.79 Å². The molecule has 7 heteroatoms. The largest absolute Gasteiger partial charge is 0.497 e. The molecule has 4 rings (SSSR count). The van der Waals surface area contributed by atoms with Gasteiger partial charge in [-0.1, -0.05) is 18.2 Å². The smallest absolute Gasteiger partial charge is 0.226 e. The molecule has 0 saturated carbocycles. The van der Waals surface area contributed by atoms with Crippen molar-refractivity contribution in [3.8, 4) is 16.5 Å². The van der Waals surface area contributed by atoms with Crippen molar-refractivity contribution >= 4 is 39.7 Å². The molecule has 0 unspecified atom stereocenters. The Morgan fingerprint density at radius 2 is 1.86 bits per heavy atom. The highest BCUT2D eigenvalue weighted by Crippen LogP contribution is 2.27. The van der Waals surface area contributed by atoms with E-state index in [0.29, 0.717) is 18.8 Å². The van der Waals surface area contributed by atoms with Gasteiger partial charge in [-0.2, -0.15) is 0 Å². The van der Waals surface area contributed by atoms with E-state index in [2.05, 4.69) is 20.6 Å². The fourth-order valence-electron chi connectivity index (χ4n) is 2.92. The summed E-state index contributed by atoms with van der Waals surface area (Å²) in [5.74, 6) is 2.10. The minimum absolute atomic E-state index is 0.0699. The van der Waals surface area contributed by atoms with Crippen molar-refractivity contribution in [3.05, 3.63) is 66.0 Å².